The molecule has 32 heavy (non-hydrogen) atoms. The molecule has 3 aromatic rings. The molecule has 5 N–H and O–H groups in total. The van der Waals surface area contributed by atoms with Gasteiger partial charge in [-0.3, -0.25) is 9.59 Å². The number of nitrogen functional groups attached to an aromatic ring is 1. The minimum Gasteiger partial charge on any atom is -0.383 e. The number of rotatable bonds is 7. The summed E-state index contributed by atoms with van der Waals surface area (Å²) in [6.07, 6.45) is -3.26. The second kappa shape index (κ2) is 9.14. The molecule has 168 valence electrons. The van der Waals surface area contributed by atoms with Crippen LogP contribution in [0.2, 0.25) is 0 Å². The van der Waals surface area contributed by atoms with E-state index in [1.165, 1.54) is 25.1 Å². The summed E-state index contributed by atoms with van der Waals surface area (Å²) >= 11 is 0. The molecule has 2 aromatic heterocycles. The number of aryl methyl sites for hydroxylation is 2. The van der Waals surface area contributed by atoms with Gasteiger partial charge in [0.15, 0.2) is 5.78 Å². The largest absolute Gasteiger partial charge is 0.416 e. The lowest BCUT2D eigenvalue weighted by Crippen LogP contribution is -2.14. The zero-order chi connectivity index (χ0) is 23.5. The molecule has 0 unspecified atom stereocenters. The van der Waals surface area contributed by atoms with Gasteiger partial charge in [0, 0.05) is 36.7 Å². The molecule has 1 amide bonds. The number of carbonyl (C=O) groups is 2. The first kappa shape index (κ1) is 22.9. The Kier molecular flexibility index (Phi) is 6.53. The molecule has 12 heteroatoms. The zero-order valence-corrected chi connectivity index (χ0v) is 16.9. The van der Waals surface area contributed by atoms with E-state index in [-0.39, 0.29) is 53.7 Å². The molecule has 0 aliphatic heterocycles. The van der Waals surface area contributed by atoms with Crippen LogP contribution >= 0.6 is 0 Å². The van der Waals surface area contributed by atoms with Crippen molar-refractivity contribution in [3.8, 4) is 0 Å². The van der Waals surface area contributed by atoms with Gasteiger partial charge >= 0.3 is 6.18 Å². The van der Waals surface area contributed by atoms with Gasteiger partial charge in [-0.25, -0.2) is 9.97 Å². The summed E-state index contributed by atoms with van der Waals surface area (Å²) in [6.45, 7) is 1.32. The number of aromatic nitrogens is 3. The summed E-state index contributed by atoms with van der Waals surface area (Å²) in [5, 5.41) is 6.06. The molecule has 2 heterocycles. The number of benzene rings is 1. The third-order valence-corrected chi connectivity index (χ3v) is 4.64. The maximum Gasteiger partial charge on any atom is 0.416 e. The molecular weight excluding hydrogens is 429 g/mol. The summed E-state index contributed by atoms with van der Waals surface area (Å²) in [4.78, 5) is 32.5. The number of carbonyl (C=O) groups excluding carboxylic acids is 2. The van der Waals surface area contributed by atoms with Gasteiger partial charge < -0.3 is 21.3 Å². The lowest BCUT2D eigenvalue weighted by atomic mass is 10.1. The number of nitrogens with zero attached hydrogens (tertiary/aromatic N) is 3. The highest BCUT2D eigenvalue weighted by Gasteiger charge is 2.32. The first-order valence-electron chi connectivity index (χ1n) is 9.37. The number of alkyl halides is 3. The predicted octanol–water partition coefficient (Wildman–Crippen LogP) is 2.90. The monoisotopic (exact) mass is 448 g/mol. The summed E-state index contributed by atoms with van der Waals surface area (Å²) in [5.74, 6) is -1.21. The fourth-order valence-electron chi connectivity index (χ4n) is 2.96. The molecule has 0 aliphatic rings. The minimum absolute atomic E-state index is 0.00289. The highest BCUT2D eigenvalue weighted by molar-refractivity contribution is 6.02. The van der Waals surface area contributed by atoms with Gasteiger partial charge in [-0.2, -0.15) is 13.2 Å². The SMILES string of the molecule is Cc1ccc(NC(=O)c2cc(CCC(=O)c3ncnc(N)c3CN)no2)cc1C(F)(F)F. The minimum atomic E-state index is -4.55. The maximum absolute atomic E-state index is 13.0. The maximum atomic E-state index is 13.0. The number of nitrogens with two attached hydrogens (primary N) is 2. The molecule has 0 bridgehead atoms. The van der Waals surface area contributed by atoms with Crippen LogP contribution in [-0.2, 0) is 19.1 Å². The van der Waals surface area contributed by atoms with Crippen molar-refractivity contribution in [1.29, 1.82) is 0 Å². The fraction of sp³-hybridized carbons (Fsp3) is 0.250. The zero-order valence-electron chi connectivity index (χ0n) is 16.9. The Morgan fingerprint density at radius 2 is 1.94 bits per heavy atom. The van der Waals surface area contributed by atoms with Gasteiger partial charge in [0.25, 0.3) is 5.91 Å². The van der Waals surface area contributed by atoms with Gasteiger partial charge in [-0.1, -0.05) is 11.2 Å². The van der Waals surface area contributed by atoms with E-state index in [0.29, 0.717) is 11.3 Å². The average Bonchev–Trinajstić information content (AvgIpc) is 3.21. The lowest BCUT2D eigenvalue weighted by molar-refractivity contribution is -0.138. The quantitative estimate of drug-likeness (QED) is 0.467. The smallest absolute Gasteiger partial charge is 0.383 e. The topological polar surface area (TPSA) is 150 Å². The van der Waals surface area contributed by atoms with Crippen molar-refractivity contribution >= 4 is 23.2 Å². The summed E-state index contributed by atoms with van der Waals surface area (Å²) in [6, 6.07) is 4.75. The van der Waals surface area contributed by atoms with E-state index in [4.69, 9.17) is 16.0 Å². The average molecular weight is 448 g/mol. The Labute approximate surface area is 180 Å². The van der Waals surface area contributed by atoms with Gasteiger partial charge in [-0.05, 0) is 24.6 Å². The Balaban J connectivity index is 1.66. The first-order valence-corrected chi connectivity index (χ1v) is 9.37. The van der Waals surface area contributed by atoms with Gasteiger partial charge in [0.2, 0.25) is 5.76 Å². The second-order valence-corrected chi connectivity index (χ2v) is 6.88. The van der Waals surface area contributed by atoms with Crippen molar-refractivity contribution in [2.75, 3.05) is 11.1 Å². The van der Waals surface area contributed by atoms with E-state index in [1.807, 2.05) is 0 Å². The van der Waals surface area contributed by atoms with Crippen LogP contribution in [0, 0.1) is 6.92 Å². The van der Waals surface area contributed by atoms with Crippen molar-refractivity contribution in [3.05, 3.63) is 64.4 Å². The number of halogens is 3. The van der Waals surface area contributed by atoms with Crippen LogP contribution in [0.3, 0.4) is 0 Å². The van der Waals surface area contributed by atoms with Crippen LogP contribution in [0.4, 0.5) is 24.7 Å². The number of anilines is 2. The van der Waals surface area contributed by atoms with E-state index in [0.717, 1.165) is 12.4 Å². The van der Waals surface area contributed by atoms with E-state index >= 15 is 0 Å². The van der Waals surface area contributed by atoms with Crippen molar-refractivity contribution in [2.45, 2.75) is 32.5 Å². The van der Waals surface area contributed by atoms with Crippen molar-refractivity contribution < 1.29 is 27.3 Å². The van der Waals surface area contributed by atoms with Gasteiger partial charge in [-0.15, -0.1) is 0 Å². The third kappa shape index (κ3) is 5.09. The van der Waals surface area contributed by atoms with Gasteiger partial charge in [0.05, 0.1) is 11.3 Å². The highest BCUT2D eigenvalue weighted by Crippen LogP contribution is 2.33. The summed E-state index contributed by atoms with van der Waals surface area (Å²) in [5.41, 5.74) is 11.2. The molecular formula is C20H19F3N6O3. The number of hydrogen-bond acceptors (Lipinski definition) is 8. The third-order valence-electron chi connectivity index (χ3n) is 4.64. The molecule has 0 saturated heterocycles. The van der Waals surface area contributed by atoms with E-state index in [2.05, 4.69) is 20.4 Å². The molecule has 0 spiro atoms. The predicted molar refractivity (Wildman–Crippen MR) is 108 cm³/mol. The molecule has 0 radical (unpaired) electrons. The van der Waals surface area contributed by atoms with Crippen LogP contribution in [-0.4, -0.2) is 26.8 Å². The number of hydrogen-bond donors (Lipinski definition) is 3. The highest BCUT2D eigenvalue weighted by atomic mass is 19.4. The Bertz CT molecular complexity index is 1160. The molecule has 3 rings (SSSR count). The number of nitrogens with one attached hydrogen (secondary N) is 1. The van der Waals surface area contributed by atoms with E-state index < -0.39 is 17.6 Å². The number of Topliss-reactive ketones (excluding diaryl/α,β-unsaturated/α-hetero) is 1. The standard InChI is InChI=1S/C20H19F3N6O3/c1-10-2-3-11(6-14(10)20(21,22)23)28-19(31)16-7-12(29-32-16)4-5-15(30)17-13(8-24)18(25)27-9-26-17/h2-3,6-7,9H,4-5,8,24H2,1H3,(H,28,31)(H2,25,26,27). The molecule has 0 aliphatic carbocycles. The molecule has 1 aromatic carbocycles. The van der Waals surface area contributed by atoms with Crippen LogP contribution < -0.4 is 16.8 Å². The Hall–Kier alpha value is -3.80. The van der Waals surface area contributed by atoms with E-state index in [9.17, 15) is 22.8 Å². The number of ketones is 1. The summed E-state index contributed by atoms with van der Waals surface area (Å²) < 4.78 is 44.1. The summed E-state index contributed by atoms with van der Waals surface area (Å²) in [7, 11) is 0. The van der Waals surface area contributed by atoms with E-state index in [1.54, 1.807) is 0 Å². The Morgan fingerprint density at radius 1 is 1.19 bits per heavy atom. The molecule has 0 atom stereocenters. The fourth-order valence-corrected chi connectivity index (χ4v) is 2.96. The van der Waals surface area contributed by atoms with Gasteiger partial charge in [0.1, 0.15) is 17.8 Å². The first-order chi connectivity index (χ1) is 15.1. The van der Waals surface area contributed by atoms with Crippen LogP contribution in [0.15, 0.2) is 35.1 Å². The van der Waals surface area contributed by atoms with Crippen LogP contribution in [0.1, 0.15) is 49.8 Å². The molecule has 9 nitrogen and oxygen atoms in total. The second-order valence-electron chi connectivity index (χ2n) is 6.88. The van der Waals surface area contributed by atoms with Crippen molar-refractivity contribution in [3.63, 3.8) is 0 Å². The van der Waals surface area contributed by atoms with Crippen molar-refractivity contribution in [2.24, 2.45) is 5.73 Å². The lowest BCUT2D eigenvalue weighted by Gasteiger charge is -2.12. The van der Waals surface area contributed by atoms with Crippen molar-refractivity contribution in [1.82, 2.24) is 15.1 Å². The van der Waals surface area contributed by atoms with Crippen LogP contribution in [0.25, 0.3) is 0 Å². The molecule has 0 saturated carbocycles. The number of amides is 1. The Morgan fingerprint density at radius 3 is 2.62 bits per heavy atom. The molecule has 0 fully saturated rings. The normalized spacial score (nSPS) is 11.4. The van der Waals surface area contributed by atoms with Crippen LogP contribution in [0.5, 0.6) is 0 Å².